The van der Waals surface area contributed by atoms with E-state index in [9.17, 15) is 9.59 Å². The normalized spacial score (nSPS) is 10.0. The van der Waals surface area contributed by atoms with E-state index in [0.29, 0.717) is 27.8 Å². The molecule has 3 aromatic rings. The molecule has 3 aromatic carbocycles. The lowest BCUT2D eigenvalue weighted by Gasteiger charge is -2.10. The molecular formula is C21H18ClN3O3. The second-order valence-electron chi connectivity index (χ2n) is 5.82. The molecule has 0 bridgehead atoms. The molecule has 0 atom stereocenters. The lowest BCUT2D eigenvalue weighted by Crippen LogP contribution is -2.21. The van der Waals surface area contributed by atoms with E-state index in [1.165, 1.54) is 0 Å². The van der Waals surface area contributed by atoms with E-state index >= 15 is 0 Å². The van der Waals surface area contributed by atoms with Gasteiger partial charge in [0.1, 0.15) is 5.75 Å². The average Bonchev–Trinajstić information content (AvgIpc) is 2.68. The minimum atomic E-state index is -0.374. The molecule has 3 amide bonds. The van der Waals surface area contributed by atoms with Crippen LogP contribution in [0.2, 0.25) is 5.02 Å². The van der Waals surface area contributed by atoms with Gasteiger partial charge in [0.05, 0.1) is 0 Å². The van der Waals surface area contributed by atoms with Crippen LogP contribution >= 0.6 is 11.6 Å². The van der Waals surface area contributed by atoms with Gasteiger partial charge < -0.3 is 20.7 Å². The fraction of sp³-hybridized carbons (Fsp3) is 0.0476. The summed E-state index contributed by atoms with van der Waals surface area (Å²) in [7, 11) is 0. The van der Waals surface area contributed by atoms with Gasteiger partial charge in [0, 0.05) is 22.1 Å². The lowest BCUT2D eigenvalue weighted by atomic mass is 10.2. The maximum absolute atomic E-state index is 12.1. The first kappa shape index (κ1) is 19.3. The first-order chi connectivity index (χ1) is 13.6. The van der Waals surface area contributed by atoms with Crippen molar-refractivity contribution in [3.63, 3.8) is 0 Å². The zero-order valence-electron chi connectivity index (χ0n) is 14.8. The summed E-state index contributed by atoms with van der Waals surface area (Å²) in [5.41, 5.74) is 1.77. The lowest BCUT2D eigenvalue weighted by molar-refractivity contribution is -0.118. The number of para-hydroxylation sites is 1. The van der Waals surface area contributed by atoms with Crippen molar-refractivity contribution in [2.75, 3.05) is 22.6 Å². The molecule has 0 unspecified atom stereocenters. The van der Waals surface area contributed by atoms with E-state index in [1.54, 1.807) is 60.7 Å². The highest BCUT2D eigenvalue weighted by Gasteiger charge is 2.06. The summed E-state index contributed by atoms with van der Waals surface area (Å²) in [5, 5.41) is 8.77. The molecule has 28 heavy (non-hydrogen) atoms. The quantitative estimate of drug-likeness (QED) is 0.549. The Bertz CT molecular complexity index is 947. The fourth-order valence-electron chi connectivity index (χ4n) is 2.37. The summed E-state index contributed by atoms with van der Waals surface area (Å²) in [4.78, 5) is 24.1. The maximum atomic E-state index is 12.1. The summed E-state index contributed by atoms with van der Waals surface area (Å²) in [5.74, 6) is 0.230. The van der Waals surface area contributed by atoms with E-state index in [1.807, 2.05) is 18.2 Å². The van der Waals surface area contributed by atoms with Crippen LogP contribution in [-0.4, -0.2) is 18.5 Å². The van der Waals surface area contributed by atoms with E-state index in [2.05, 4.69) is 16.0 Å². The zero-order chi connectivity index (χ0) is 19.8. The number of urea groups is 1. The van der Waals surface area contributed by atoms with Gasteiger partial charge in [-0.3, -0.25) is 4.79 Å². The van der Waals surface area contributed by atoms with Crippen molar-refractivity contribution in [1.82, 2.24) is 0 Å². The fourth-order valence-corrected chi connectivity index (χ4v) is 2.49. The molecule has 6 nitrogen and oxygen atoms in total. The molecule has 0 aliphatic heterocycles. The van der Waals surface area contributed by atoms with Crippen molar-refractivity contribution < 1.29 is 14.3 Å². The number of amides is 3. The van der Waals surface area contributed by atoms with Crippen molar-refractivity contribution in [3.05, 3.63) is 83.9 Å². The molecule has 7 heteroatoms. The minimum Gasteiger partial charge on any atom is -0.484 e. The Labute approximate surface area is 167 Å². The third-order valence-electron chi connectivity index (χ3n) is 3.62. The number of hydrogen-bond acceptors (Lipinski definition) is 3. The third kappa shape index (κ3) is 6.03. The Hall–Kier alpha value is -3.51. The maximum Gasteiger partial charge on any atom is 0.323 e. The zero-order valence-corrected chi connectivity index (χ0v) is 15.6. The SMILES string of the molecule is O=C(COc1ccc(Cl)cc1)Nc1cccc(NC(=O)Nc2ccccc2)c1. The molecule has 3 rings (SSSR count). The van der Waals surface area contributed by atoms with Gasteiger partial charge in [-0.15, -0.1) is 0 Å². The predicted molar refractivity (Wildman–Crippen MR) is 111 cm³/mol. The second-order valence-corrected chi connectivity index (χ2v) is 6.25. The largest absolute Gasteiger partial charge is 0.484 e. The smallest absolute Gasteiger partial charge is 0.323 e. The molecule has 0 heterocycles. The number of anilines is 3. The van der Waals surface area contributed by atoms with Crippen LogP contribution in [0.5, 0.6) is 5.75 Å². The number of halogens is 1. The van der Waals surface area contributed by atoms with E-state index in [0.717, 1.165) is 0 Å². The van der Waals surface area contributed by atoms with Gasteiger partial charge in [-0.05, 0) is 54.6 Å². The number of benzene rings is 3. The summed E-state index contributed by atoms with van der Waals surface area (Å²) in [6.45, 7) is -0.145. The number of carbonyl (C=O) groups excluding carboxylic acids is 2. The highest BCUT2D eigenvalue weighted by Crippen LogP contribution is 2.17. The van der Waals surface area contributed by atoms with Gasteiger partial charge >= 0.3 is 6.03 Å². The molecule has 0 saturated carbocycles. The molecular weight excluding hydrogens is 378 g/mol. The Morgan fingerprint density at radius 1 is 0.750 bits per heavy atom. The summed E-state index contributed by atoms with van der Waals surface area (Å²) < 4.78 is 5.41. The Morgan fingerprint density at radius 2 is 1.36 bits per heavy atom. The van der Waals surface area contributed by atoms with Crippen molar-refractivity contribution in [3.8, 4) is 5.75 Å². The topological polar surface area (TPSA) is 79.5 Å². The predicted octanol–water partition coefficient (Wildman–Crippen LogP) is 5.00. The molecule has 0 aliphatic rings. The highest BCUT2D eigenvalue weighted by molar-refractivity contribution is 6.30. The minimum absolute atomic E-state index is 0.145. The third-order valence-corrected chi connectivity index (χ3v) is 3.87. The van der Waals surface area contributed by atoms with Crippen LogP contribution in [0, 0.1) is 0 Å². The molecule has 0 aromatic heterocycles. The van der Waals surface area contributed by atoms with Crippen LogP contribution in [0.25, 0.3) is 0 Å². The Morgan fingerprint density at radius 3 is 2.07 bits per heavy atom. The molecule has 0 fully saturated rings. The van der Waals surface area contributed by atoms with Gasteiger partial charge in [-0.2, -0.15) is 0 Å². The molecule has 0 aliphatic carbocycles. The van der Waals surface area contributed by atoms with E-state index in [4.69, 9.17) is 16.3 Å². The molecule has 0 radical (unpaired) electrons. The second kappa shape index (κ2) is 9.43. The van der Waals surface area contributed by atoms with E-state index < -0.39 is 0 Å². The highest BCUT2D eigenvalue weighted by atomic mass is 35.5. The Kier molecular flexibility index (Phi) is 6.49. The molecule has 0 saturated heterocycles. The first-order valence-electron chi connectivity index (χ1n) is 8.50. The monoisotopic (exact) mass is 395 g/mol. The summed E-state index contributed by atoms with van der Waals surface area (Å²) >= 11 is 5.81. The van der Waals surface area contributed by atoms with Crippen LogP contribution in [-0.2, 0) is 4.79 Å². The van der Waals surface area contributed by atoms with Gasteiger partial charge in [-0.1, -0.05) is 35.9 Å². The standard InChI is InChI=1S/C21H18ClN3O3/c22-15-9-11-19(12-10-15)28-14-20(26)23-17-7-4-8-18(13-17)25-21(27)24-16-5-2-1-3-6-16/h1-13H,14H2,(H,23,26)(H2,24,25,27). The Balaban J connectivity index is 1.51. The van der Waals surface area contributed by atoms with Crippen LogP contribution in [0.1, 0.15) is 0 Å². The van der Waals surface area contributed by atoms with Crippen LogP contribution < -0.4 is 20.7 Å². The number of hydrogen-bond donors (Lipinski definition) is 3. The van der Waals surface area contributed by atoms with Gasteiger partial charge in [0.25, 0.3) is 5.91 Å². The number of ether oxygens (including phenoxy) is 1. The molecule has 3 N–H and O–H groups in total. The number of carbonyl (C=O) groups is 2. The number of nitrogens with one attached hydrogen (secondary N) is 3. The van der Waals surface area contributed by atoms with Crippen molar-refractivity contribution >= 4 is 40.6 Å². The van der Waals surface area contributed by atoms with Crippen LogP contribution in [0.3, 0.4) is 0 Å². The molecule has 0 spiro atoms. The van der Waals surface area contributed by atoms with Gasteiger partial charge in [-0.25, -0.2) is 4.79 Å². The van der Waals surface area contributed by atoms with Crippen LogP contribution in [0.4, 0.5) is 21.9 Å². The summed E-state index contributed by atoms with van der Waals surface area (Å²) in [6.07, 6.45) is 0. The van der Waals surface area contributed by atoms with Gasteiger partial charge in [0.15, 0.2) is 6.61 Å². The summed E-state index contributed by atoms with van der Waals surface area (Å²) in [6, 6.07) is 22.3. The first-order valence-corrected chi connectivity index (χ1v) is 8.87. The van der Waals surface area contributed by atoms with Crippen molar-refractivity contribution in [2.24, 2.45) is 0 Å². The van der Waals surface area contributed by atoms with E-state index in [-0.39, 0.29) is 18.5 Å². The van der Waals surface area contributed by atoms with Crippen LogP contribution in [0.15, 0.2) is 78.9 Å². The van der Waals surface area contributed by atoms with Crippen molar-refractivity contribution in [2.45, 2.75) is 0 Å². The number of rotatable bonds is 6. The molecule has 142 valence electrons. The van der Waals surface area contributed by atoms with Gasteiger partial charge in [0.2, 0.25) is 0 Å². The van der Waals surface area contributed by atoms with Crippen molar-refractivity contribution in [1.29, 1.82) is 0 Å². The average molecular weight is 396 g/mol.